The third-order valence-electron chi connectivity index (χ3n) is 3.67. The van der Waals surface area contributed by atoms with E-state index in [1.807, 2.05) is 37.3 Å². The molecule has 3 rings (SSSR count). The number of nitrogens with two attached hydrogens (primary N) is 1. The minimum Gasteiger partial charge on any atom is -0.459 e. The number of aryl methyl sites for hydroxylation is 2. The van der Waals surface area contributed by atoms with Gasteiger partial charge in [0.25, 0.3) is 0 Å². The number of hydrogen-bond acceptors (Lipinski definition) is 3. The lowest BCUT2D eigenvalue weighted by molar-refractivity contribution is 0.475. The maximum absolute atomic E-state index is 6.04. The van der Waals surface area contributed by atoms with Gasteiger partial charge in [-0.1, -0.05) is 51.8 Å². The fraction of sp³-hybridized carbons (Fsp3) is 0.176. The molecule has 108 valence electrons. The highest BCUT2D eigenvalue weighted by atomic mass is 79.9. The van der Waals surface area contributed by atoms with Crippen LogP contribution in [0.25, 0.3) is 11.0 Å². The topological polar surface area (TPSA) is 51.2 Å². The average molecular weight is 345 g/mol. The Hall–Kier alpha value is -1.62. The average Bonchev–Trinajstić information content (AvgIpc) is 2.89. The highest BCUT2D eigenvalue weighted by Crippen LogP contribution is 2.33. The molecule has 0 aliphatic carbocycles. The quantitative estimate of drug-likeness (QED) is 0.548. The molecule has 0 aliphatic rings. The number of rotatable bonds is 3. The van der Waals surface area contributed by atoms with Gasteiger partial charge in [-0.25, -0.2) is 5.43 Å². The summed E-state index contributed by atoms with van der Waals surface area (Å²) in [6, 6.07) is 14.2. The second kappa shape index (κ2) is 5.64. The van der Waals surface area contributed by atoms with Crippen molar-refractivity contribution in [2.45, 2.75) is 19.9 Å². The lowest BCUT2D eigenvalue weighted by Gasteiger charge is -2.16. The molecule has 0 spiro atoms. The van der Waals surface area contributed by atoms with E-state index in [4.69, 9.17) is 10.3 Å². The molecule has 21 heavy (non-hydrogen) atoms. The summed E-state index contributed by atoms with van der Waals surface area (Å²) >= 11 is 3.59. The summed E-state index contributed by atoms with van der Waals surface area (Å²) in [7, 11) is 0. The van der Waals surface area contributed by atoms with E-state index in [9.17, 15) is 0 Å². The Morgan fingerprint density at radius 2 is 1.95 bits per heavy atom. The number of hydrazine groups is 1. The SMILES string of the molecule is Cc1ccc(Br)c(C(NN)c2cc3cccc(C)c3o2)c1. The number of hydrogen-bond donors (Lipinski definition) is 2. The second-order valence-electron chi connectivity index (χ2n) is 5.27. The summed E-state index contributed by atoms with van der Waals surface area (Å²) in [6.45, 7) is 4.11. The number of fused-ring (bicyclic) bond motifs is 1. The predicted molar refractivity (Wildman–Crippen MR) is 89.0 cm³/mol. The van der Waals surface area contributed by atoms with Crippen molar-refractivity contribution < 1.29 is 4.42 Å². The molecule has 1 unspecified atom stereocenters. The van der Waals surface area contributed by atoms with E-state index in [1.165, 1.54) is 5.56 Å². The fourth-order valence-electron chi connectivity index (χ4n) is 2.58. The second-order valence-corrected chi connectivity index (χ2v) is 6.12. The highest BCUT2D eigenvalue weighted by molar-refractivity contribution is 9.10. The number of nitrogens with one attached hydrogen (secondary N) is 1. The van der Waals surface area contributed by atoms with E-state index in [0.29, 0.717) is 0 Å². The van der Waals surface area contributed by atoms with Crippen LogP contribution in [0.3, 0.4) is 0 Å². The van der Waals surface area contributed by atoms with Gasteiger partial charge in [-0.15, -0.1) is 0 Å². The van der Waals surface area contributed by atoms with Crippen LogP contribution in [0.1, 0.15) is 28.5 Å². The van der Waals surface area contributed by atoms with Crippen molar-refractivity contribution in [3.8, 4) is 0 Å². The molecular weight excluding hydrogens is 328 g/mol. The highest BCUT2D eigenvalue weighted by Gasteiger charge is 2.20. The van der Waals surface area contributed by atoms with E-state index in [2.05, 4.69) is 40.4 Å². The number of para-hydroxylation sites is 1. The molecule has 0 aliphatic heterocycles. The minimum absolute atomic E-state index is 0.189. The van der Waals surface area contributed by atoms with Crippen LogP contribution in [0, 0.1) is 13.8 Å². The number of halogens is 1. The lowest BCUT2D eigenvalue weighted by Crippen LogP contribution is -2.28. The van der Waals surface area contributed by atoms with Gasteiger partial charge in [0.1, 0.15) is 17.4 Å². The Kier molecular flexibility index (Phi) is 3.85. The molecule has 1 heterocycles. The zero-order valence-corrected chi connectivity index (χ0v) is 13.6. The van der Waals surface area contributed by atoms with Crippen LogP contribution in [0.4, 0.5) is 0 Å². The summed E-state index contributed by atoms with van der Waals surface area (Å²) in [5, 5.41) is 1.09. The van der Waals surface area contributed by atoms with Crippen LogP contribution in [0.5, 0.6) is 0 Å². The third kappa shape index (κ3) is 2.62. The van der Waals surface area contributed by atoms with Gasteiger partial charge < -0.3 is 4.42 Å². The summed E-state index contributed by atoms with van der Waals surface area (Å²) in [5.41, 5.74) is 7.14. The van der Waals surface area contributed by atoms with Crippen LogP contribution in [-0.4, -0.2) is 0 Å². The molecule has 0 bridgehead atoms. The lowest BCUT2D eigenvalue weighted by atomic mass is 10.0. The molecule has 3 N–H and O–H groups in total. The van der Waals surface area contributed by atoms with E-state index in [0.717, 1.165) is 32.3 Å². The van der Waals surface area contributed by atoms with E-state index in [1.54, 1.807) is 0 Å². The molecule has 2 aromatic carbocycles. The molecule has 3 aromatic rings. The van der Waals surface area contributed by atoms with Gasteiger partial charge in [0.05, 0.1) is 0 Å². The molecule has 0 saturated carbocycles. The van der Waals surface area contributed by atoms with E-state index in [-0.39, 0.29) is 6.04 Å². The first-order valence-electron chi connectivity index (χ1n) is 6.81. The Morgan fingerprint density at radius 1 is 1.14 bits per heavy atom. The number of furan rings is 1. The van der Waals surface area contributed by atoms with Crippen LogP contribution in [0.15, 0.2) is 51.4 Å². The van der Waals surface area contributed by atoms with Crippen molar-refractivity contribution in [1.29, 1.82) is 0 Å². The first-order chi connectivity index (χ1) is 10.1. The Balaban J connectivity index is 2.13. The third-order valence-corrected chi connectivity index (χ3v) is 4.40. The standard InChI is InChI=1S/C17H17BrN2O/c1-10-6-7-14(18)13(8-10)16(20-19)15-9-12-5-3-4-11(2)17(12)21-15/h3-9,16,20H,19H2,1-2H3. The summed E-state index contributed by atoms with van der Waals surface area (Å²) < 4.78 is 7.05. The largest absolute Gasteiger partial charge is 0.459 e. The molecule has 0 saturated heterocycles. The van der Waals surface area contributed by atoms with Crippen LogP contribution < -0.4 is 11.3 Å². The zero-order valence-electron chi connectivity index (χ0n) is 12.0. The van der Waals surface area contributed by atoms with Gasteiger partial charge in [0, 0.05) is 9.86 Å². The zero-order chi connectivity index (χ0) is 15.0. The van der Waals surface area contributed by atoms with Crippen molar-refractivity contribution in [3.05, 3.63) is 69.4 Å². The van der Waals surface area contributed by atoms with Crippen LogP contribution in [-0.2, 0) is 0 Å². The molecule has 4 heteroatoms. The predicted octanol–water partition coefficient (Wildman–Crippen LogP) is 4.36. The molecule has 1 atom stereocenters. The fourth-order valence-corrected chi connectivity index (χ4v) is 3.06. The molecule has 0 radical (unpaired) electrons. The van der Waals surface area contributed by atoms with Crippen molar-refractivity contribution in [1.82, 2.24) is 5.43 Å². The Bertz CT molecular complexity index is 795. The molecule has 0 amide bonds. The van der Waals surface area contributed by atoms with Gasteiger partial charge in [-0.2, -0.15) is 0 Å². The van der Waals surface area contributed by atoms with E-state index < -0.39 is 0 Å². The van der Waals surface area contributed by atoms with Crippen LogP contribution in [0.2, 0.25) is 0 Å². The minimum atomic E-state index is -0.189. The maximum Gasteiger partial charge on any atom is 0.137 e. The van der Waals surface area contributed by atoms with Gasteiger partial charge in [-0.05, 0) is 37.1 Å². The van der Waals surface area contributed by atoms with E-state index >= 15 is 0 Å². The van der Waals surface area contributed by atoms with Crippen molar-refractivity contribution in [2.24, 2.45) is 5.84 Å². The van der Waals surface area contributed by atoms with Gasteiger partial charge in [-0.3, -0.25) is 5.84 Å². The normalized spacial score (nSPS) is 12.8. The van der Waals surface area contributed by atoms with Crippen molar-refractivity contribution in [3.63, 3.8) is 0 Å². The first-order valence-corrected chi connectivity index (χ1v) is 7.60. The Labute approximate surface area is 132 Å². The monoisotopic (exact) mass is 344 g/mol. The molecule has 0 fully saturated rings. The van der Waals surface area contributed by atoms with Crippen molar-refractivity contribution in [2.75, 3.05) is 0 Å². The first kappa shape index (κ1) is 14.3. The van der Waals surface area contributed by atoms with Crippen LogP contribution >= 0.6 is 15.9 Å². The molecule has 1 aromatic heterocycles. The summed E-state index contributed by atoms with van der Waals surface area (Å²) in [4.78, 5) is 0. The maximum atomic E-state index is 6.04. The molecular formula is C17H17BrN2O. The smallest absolute Gasteiger partial charge is 0.137 e. The number of benzene rings is 2. The summed E-state index contributed by atoms with van der Waals surface area (Å²) in [6.07, 6.45) is 0. The summed E-state index contributed by atoms with van der Waals surface area (Å²) in [5.74, 6) is 6.60. The van der Waals surface area contributed by atoms with Crippen molar-refractivity contribution >= 4 is 26.9 Å². The molecule has 3 nitrogen and oxygen atoms in total. The Morgan fingerprint density at radius 3 is 2.67 bits per heavy atom. The van der Waals surface area contributed by atoms with Gasteiger partial charge in [0.2, 0.25) is 0 Å². The van der Waals surface area contributed by atoms with Gasteiger partial charge >= 0.3 is 0 Å². The van der Waals surface area contributed by atoms with Gasteiger partial charge in [0.15, 0.2) is 0 Å².